The van der Waals surface area contributed by atoms with Gasteiger partial charge in [-0.3, -0.25) is 9.59 Å². The van der Waals surface area contributed by atoms with E-state index in [1.165, 1.54) is 0 Å². The van der Waals surface area contributed by atoms with Gasteiger partial charge in [0.15, 0.2) is 6.29 Å². The second-order valence-corrected chi connectivity index (χ2v) is 15.7. The number of amides is 2. The Morgan fingerprint density at radius 1 is 0.723 bits per heavy atom. The minimum Gasteiger partial charge on any atom is -0.477 e. The number of carbonyl (C=O) groups excluding carboxylic acids is 2. The summed E-state index contributed by atoms with van der Waals surface area (Å²) in [6, 6.07) is -3.57. The van der Waals surface area contributed by atoms with Crippen LogP contribution >= 0.6 is 0 Å². The Kier molecular flexibility index (Phi) is 19.2. The van der Waals surface area contributed by atoms with E-state index in [1.54, 1.807) is 0 Å². The molecule has 17 N–H and O–H groups in total. The zero-order valence-electron chi connectivity index (χ0n) is 34.5. The van der Waals surface area contributed by atoms with E-state index in [0.717, 1.165) is 14.0 Å². The van der Waals surface area contributed by atoms with Gasteiger partial charge in [-0.05, 0) is 0 Å². The molecule has 4 heterocycles. The highest BCUT2D eigenvalue weighted by molar-refractivity contribution is 5.80. The van der Waals surface area contributed by atoms with E-state index in [2.05, 4.69) is 10.6 Å². The Balaban J connectivity index is 1.61. The number of aliphatic hydroxyl groups excluding tert-OH is 13. The van der Waals surface area contributed by atoms with Crippen molar-refractivity contribution in [2.24, 2.45) is 0 Å². The number of ether oxygens (including phenoxy) is 8. The van der Waals surface area contributed by atoms with Crippen LogP contribution < -0.4 is 10.6 Å². The normalized spacial score (nSPS) is 42.0. The molecule has 8 unspecified atom stereocenters. The van der Waals surface area contributed by atoms with Crippen LogP contribution in [0.2, 0.25) is 0 Å². The van der Waals surface area contributed by atoms with Gasteiger partial charge in [-0.25, -0.2) is 14.0 Å². The van der Waals surface area contributed by atoms with Gasteiger partial charge in [0.05, 0.1) is 50.7 Å². The molecule has 0 spiro atoms. The quantitative estimate of drug-likeness (QED) is 0.0539. The number of hydrogen-bond acceptors (Lipinski definition) is 25. The first-order valence-corrected chi connectivity index (χ1v) is 19.9. The lowest BCUT2D eigenvalue weighted by molar-refractivity contribution is -0.383. The molecule has 29 nitrogen and oxygen atoms in total. The van der Waals surface area contributed by atoms with Gasteiger partial charge in [-0.15, -0.1) is 0 Å². The monoisotopic (exact) mass is 956 g/mol. The predicted molar refractivity (Wildman–Crippen MR) is 197 cm³/mol. The van der Waals surface area contributed by atoms with Crippen molar-refractivity contribution in [2.75, 3.05) is 40.1 Å². The number of halogens is 1. The number of carboxylic acid groups (broad SMARTS) is 2. The molecule has 22 atom stereocenters. The molecule has 0 aromatic carbocycles. The Bertz CT molecular complexity index is 1600. The number of carbonyl (C=O) groups is 4. The number of rotatable bonds is 20. The Labute approximate surface area is 366 Å². The maximum atomic E-state index is 14.1. The second kappa shape index (κ2) is 22.8. The van der Waals surface area contributed by atoms with Gasteiger partial charge in [0.25, 0.3) is 11.6 Å². The van der Waals surface area contributed by atoms with Crippen LogP contribution in [0.3, 0.4) is 0 Å². The molecule has 0 radical (unpaired) electrons. The number of methoxy groups -OCH3 is 1. The number of aliphatic carboxylic acids is 2. The van der Waals surface area contributed by atoms with E-state index in [-0.39, 0.29) is 0 Å². The van der Waals surface area contributed by atoms with Gasteiger partial charge >= 0.3 is 11.9 Å². The molecule has 0 bridgehead atoms. The van der Waals surface area contributed by atoms with Crippen molar-refractivity contribution >= 4 is 23.8 Å². The molecule has 0 aromatic rings. The maximum Gasteiger partial charge on any atom is 0.364 e. The lowest BCUT2D eigenvalue weighted by Gasteiger charge is -2.50. The van der Waals surface area contributed by atoms with Crippen molar-refractivity contribution in [1.29, 1.82) is 0 Å². The second-order valence-electron chi connectivity index (χ2n) is 15.7. The molecule has 4 aliphatic heterocycles. The van der Waals surface area contributed by atoms with E-state index < -0.39 is 204 Å². The predicted octanol–water partition coefficient (Wildman–Crippen LogP) is -10.4. The first-order valence-electron chi connectivity index (χ1n) is 19.9. The van der Waals surface area contributed by atoms with E-state index in [1.807, 2.05) is 0 Å². The summed E-state index contributed by atoms with van der Waals surface area (Å²) in [7, 11) is 1.06. The van der Waals surface area contributed by atoms with Gasteiger partial charge in [0.2, 0.25) is 18.2 Å². The van der Waals surface area contributed by atoms with Crippen molar-refractivity contribution in [3.63, 3.8) is 0 Å². The van der Waals surface area contributed by atoms with Crippen LogP contribution in [0, 0.1) is 0 Å². The molecule has 4 aliphatic rings. The van der Waals surface area contributed by atoms with Crippen molar-refractivity contribution in [2.45, 2.75) is 154 Å². The number of aliphatic hydroxyl groups is 13. The number of nitrogens with one attached hydrogen (secondary N) is 2. The number of carboxylic acids is 2. The smallest absolute Gasteiger partial charge is 0.364 e. The molecule has 4 fully saturated rings. The van der Waals surface area contributed by atoms with Crippen LogP contribution in [0.4, 0.5) is 4.39 Å². The highest BCUT2D eigenvalue weighted by Crippen LogP contribution is 2.39. The average Bonchev–Trinajstić information content (AvgIpc) is 3.26. The zero-order chi connectivity index (χ0) is 48.9. The van der Waals surface area contributed by atoms with Gasteiger partial charge in [-0.2, -0.15) is 0 Å². The van der Waals surface area contributed by atoms with Gasteiger partial charge in [-0.1, -0.05) is 0 Å². The molecular weight excluding hydrogens is 899 g/mol. The molecule has 4 rings (SSSR count). The Morgan fingerprint density at radius 2 is 1.28 bits per heavy atom. The van der Waals surface area contributed by atoms with Crippen LogP contribution in [0.1, 0.15) is 19.8 Å². The molecule has 0 aliphatic carbocycles. The van der Waals surface area contributed by atoms with Crippen LogP contribution in [-0.4, -0.2) is 274 Å². The summed E-state index contributed by atoms with van der Waals surface area (Å²) in [5.41, 5.74) is 0. The molecular formula is C35H57FN2O27. The highest BCUT2D eigenvalue weighted by atomic mass is 19.1. The lowest BCUT2D eigenvalue weighted by atomic mass is 9.88. The van der Waals surface area contributed by atoms with Crippen molar-refractivity contribution < 1.29 is 138 Å². The Morgan fingerprint density at radius 3 is 1.80 bits per heavy atom. The summed E-state index contributed by atoms with van der Waals surface area (Å²) < 4.78 is 56.7. The maximum absolute atomic E-state index is 14.1. The molecule has 2 amide bonds. The largest absolute Gasteiger partial charge is 0.477 e. The third-order valence-corrected chi connectivity index (χ3v) is 11.3. The first-order chi connectivity index (χ1) is 30.5. The van der Waals surface area contributed by atoms with Gasteiger partial charge in [0.1, 0.15) is 92.1 Å². The lowest BCUT2D eigenvalue weighted by Crippen LogP contribution is -2.71. The summed E-state index contributed by atoms with van der Waals surface area (Å²) in [5, 5.41) is 162. The van der Waals surface area contributed by atoms with Crippen LogP contribution in [-0.2, 0) is 57.1 Å². The number of alkyl halides is 1. The molecule has 4 saturated heterocycles. The topological polar surface area (TPSA) is 470 Å². The van der Waals surface area contributed by atoms with Crippen LogP contribution in [0.15, 0.2) is 0 Å². The van der Waals surface area contributed by atoms with E-state index in [4.69, 9.17) is 37.9 Å². The van der Waals surface area contributed by atoms with Gasteiger partial charge < -0.3 is 125 Å². The highest BCUT2D eigenvalue weighted by Gasteiger charge is 2.61. The van der Waals surface area contributed by atoms with Crippen molar-refractivity contribution in [3.8, 4) is 0 Å². The summed E-state index contributed by atoms with van der Waals surface area (Å²) in [5.74, 6) is -12.6. The van der Waals surface area contributed by atoms with Crippen molar-refractivity contribution in [1.82, 2.24) is 10.6 Å². The molecule has 376 valence electrons. The van der Waals surface area contributed by atoms with E-state index in [0.29, 0.717) is 0 Å². The van der Waals surface area contributed by atoms with Gasteiger partial charge in [0, 0.05) is 26.9 Å². The zero-order valence-corrected chi connectivity index (χ0v) is 34.5. The summed E-state index contributed by atoms with van der Waals surface area (Å²) in [4.78, 5) is 51.0. The minimum atomic E-state index is -3.32. The molecule has 0 saturated carbocycles. The minimum absolute atomic E-state index is 0.764. The van der Waals surface area contributed by atoms with Crippen LogP contribution in [0.25, 0.3) is 0 Å². The van der Waals surface area contributed by atoms with Crippen molar-refractivity contribution in [3.05, 3.63) is 0 Å². The Hall–Kier alpha value is -3.03. The summed E-state index contributed by atoms with van der Waals surface area (Å²) in [6.45, 7) is -4.61. The number of hydrogen-bond donors (Lipinski definition) is 17. The van der Waals surface area contributed by atoms with E-state index >= 15 is 0 Å². The van der Waals surface area contributed by atoms with Crippen LogP contribution in [0.5, 0.6) is 0 Å². The van der Waals surface area contributed by atoms with E-state index in [9.17, 15) is 100 Å². The third-order valence-electron chi connectivity index (χ3n) is 11.3. The SMILES string of the molecule is CO[C@H](CO)[C@@H](O)C1O[C@@](OCC(=O)N[C@H]2C([C@H](O)[C@H](O)CO)O[C@@](OC3C(O)[C@H](O[C@H]4C(CO)O[C@H](F)C(O)C4O)OC(CO)[C@@H]3O)(C(=O)O)C[C@H]2O)(C(=O)O)C[C@@H](O)[C@H]1NC(C)=O. The molecule has 30 heteroatoms. The fraction of sp³-hybridized carbons (Fsp3) is 0.886. The standard InChI is InChI=1S/C35H57FN2O27/c1-10(43)37-18-11(44)3-34(32(54)55,63-28(18)21(49)14(6-40)58-2)59-9-17(47)38-19-12(45)4-35(33(56)57,64-27(19)20(48)13(46)5-39)65-29-22(50)15(7-41)61-31(25(29)53)62-26-16(8-42)60-30(36)24(52)23(26)51/h11-16,18-31,39-42,44-46,48-53H,3-9H2,1-2H3,(H,37,43)(H,38,47)(H,54,55)(H,56,57)/t11-,12-,13-,14-,15?,16?,18-,19-,20-,21-,22+,23?,24?,25?,26+,27?,28?,29?,30+,31+,34-,35+/m1/s1. The molecule has 65 heavy (non-hydrogen) atoms. The first kappa shape index (κ1) is 54.6. The summed E-state index contributed by atoms with van der Waals surface area (Å²) in [6.07, 6.45) is -40.3. The summed E-state index contributed by atoms with van der Waals surface area (Å²) >= 11 is 0. The third kappa shape index (κ3) is 11.8. The molecule has 0 aromatic heterocycles. The fourth-order valence-electron chi connectivity index (χ4n) is 7.80. The average molecular weight is 957 g/mol. The fourth-order valence-corrected chi connectivity index (χ4v) is 7.80.